The van der Waals surface area contributed by atoms with E-state index in [1.54, 1.807) is 24.3 Å². The van der Waals surface area contributed by atoms with Crippen LogP contribution in [0.5, 0.6) is 0 Å². The second kappa shape index (κ2) is 5.08. The predicted molar refractivity (Wildman–Crippen MR) is 62.0 cm³/mol. The van der Waals surface area contributed by atoms with Crippen molar-refractivity contribution in [3.8, 4) is 0 Å². The van der Waals surface area contributed by atoms with Crippen LogP contribution in [0.25, 0.3) is 0 Å². The standard InChI is InChI=1S/C13H12FNO3/c14-8-9(4-3-7-16)15-12(17)10-5-1-2-6-11(10)13(15)18/h1-2,5-7,9H,3-4,8H2. The summed E-state index contributed by atoms with van der Waals surface area (Å²) >= 11 is 0. The van der Waals surface area contributed by atoms with Crippen molar-refractivity contribution in [1.29, 1.82) is 0 Å². The Morgan fingerprint density at radius 3 is 2.17 bits per heavy atom. The Morgan fingerprint density at radius 2 is 1.72 bits per heavy atom. The van der Waals surface area contributed by atoms with E-state index in [0.29, 0.717) is 17.4 Å². The minimum absolute atomic E-state index is 0.127. The Labute approximate surface area is 103 Å². The van der Waals surface area contributed by atoms with E-state index in [4.69, 9.17) is 0 Å². The number of amides is 2. The number of rotatable bonds is 5. The van der Waals surface area contributed by atoms with E-state index in [2.05, 4.69) is 0 Å². The second-order valence-electron chi connectivity index (χ2n) is 4.08. The van der Waals surface area contributed by atoms with Gasteiger partial charge in [0.1, 0.15) is 13.0 Å². The zero-order valence-corrected chi connectivity index (χ0v) is 9.64. The van der Waals surface area contributed by atoms with Gasteiger partial charge in [0.2, 0.25) is 0 Å². The summed E-state index contributed by atoms with van der Waals surface area (Å²) in [7, 11) is 0. The lowest BCUT2D eigenvalue weighted by Gasteiger charge is -2.22. The molecule has 0 N–H and O–H groups in total. The van der Waals surface area contributed by atoms with Crippen LogP contribution in [-0.4, -0.2) is 35.7 Å². The predicted octanol–water partition coefficient (Wildman–Crippen LogP) is 1.60. The van der Waals surface area contributed by atoms with E-state index in [-0.39, 0.29) is 12.8 Å². The first-order chi connectivity index (χ1) is 8.70. The Hall–Kier alpha value is -2.04. The number of carbonyl (C=O) groups excluding carboxylic acids is 3. The lowest BCUT2D eigenvalue weighted by Crippen LogP contribution is -2.41. The third-order valence-corrected chi connectivity index (χ3v) is 2.99. The van der Waals surface area contributed by atoms with Gasteiger partial charge in [0.25, 0.3) is 11.8 Å². The second-order valence-corrected chi connectivity index (χ2v) is 4.08. The molecule has 2 amide bonds. The number of hydrogen-bond acceptors (Lipinski definition) is 3. The van der Waals surface area contributed by atoms with Gasteiger partial charge in [0, 0.05) is 6.42 Å². The van der Waals surface area contributed by atoms with Gasteiger partial charge in [-0.1, -0.05) is 12.1 Å². The van der Waals surface area contributed by atoms with E-state index in [1.807, 2.05) is 0 Å². The zero-order chi connectivity index (χ0) is 13.1. The quantitative estimate of drug-likeness (QED) is 0.588. The van der Waals surface area contributed by atoms with Crippen LogP contribution in [0.2, 0.25) is 0 Å². The molecule has 0 spiro atoms. The molecule has 0 bridgehead atoms. The number of alkyl halides is 1. The summed E-state index contributed by atoms with van der Waals surface area (Å²) in [6.07, 6.45) is 0.939. The van der Waals surface area contributed by atoms with Gasteiger partial charge in [0.05, 0.1) is 17.2 Å². The van der Waals surface area contributed by atoms with Crippen molar-refractivity contribution < 1.29 is 18.8 Å². The third kappa shape index (κ3) is 1.92. The van der Waals surface area contributed by atoms with Gasteiger partial charge >= 0.3 is 0 Å². The molecule has 2 rings (SSSR count). The smallest absolute Gasteiger partial charge is 0.261 e. The molecule has 0 saturated heterocycles. The van der Waals surface area contributed by atoms with Crippen molar-refractivity contribution in [2.45, 2.75) is 18.9 Å². The minimum atomic E-state index is -0.859. The summed E-state index contributed by atoms with van der Waals surface area (Å²) in [6.45, 7) is -0.834. The van der Waals surface area contributed by atoms with E-state index in [0.717, 1.165) is 4.90 Å². The van der Waals surface area contributed by atoms with Crippen LogP contribution in [0.15, 0.2) is 24.3 Å². The van der Waals surface area contributed by atoms with E-state index in [9.17, 15) is 18.8 Å². The molecule has 0 aliphatic carbocycles. The molecule has 1 aliphatic heterocycles. The number of halogens is 1. The number of fused-ring (bicyclic) bond motifs is 1. The lowest BCUT2D eigenvalue weighted by molar-refractivity contribution is -0.108. The van der Waals surface area contributed by atoms with Crippen molar-refractivity contribution in [2.24, 2.45) is 0 Å². The molecule has 1 aliphatic rings. The van der Waals surface area contributed by atoms with Crippen LogP contribution in [0, 0.1) is 0 Å². The van der Waals surface area contributed by atoms with Gasteiger partial charge in [0.15, 0.2) is 0 Å². The molecule has 1 atom stereocenters. The molecule has 1 aromatic rings. The van der Waals surface area contributed by atoms with Crippen LogP contribution >= 0.6 is 0 Å². The van der Waals surface area contributed by atoms with E-state index in [1.165, 1.54) is 0 Å². The van der Waals surface area contributed by atoms with Gasteiger partial charge < -0.3 is 4.79 Å². The fourth-order valence-corrected chi connectivity index (χ4v) is 2.08. The van der Waals surface area contributed by atoms with Crippen molar-refractivity contribution in [3.63, 3.8) is 0 Å². The topological polar surface area (TPSA) is 54.5 Å². The monoisotopic (exact) mass is 249 g/mol. The molecule has 18 heavy (non-hydrogen) atoms. The summed E-state index contributed by atoms with van der Waals surface area (Å²) in [6, 6.07) is 5.55. The van der Waals surface area contributed by atoms with Crippen LogP contribution in [-0.2, 0) is 4.79 Å². The van der Waals surface area contributed by atoms with Gasteiger partial charge in [-0.3, -0.25) is 14.5 Å². The van der Waals surface area contributed by atoms with E-state index < -0.39 is 24.5 Å². The largest absolute Gasteiger partial charge is 0.303 e. The summed E-state index contributed by atoms with van der Waals surface area (Å²) in [5, 5.41) is 0. The molecule has 1 unspecified atom stereocenters. The molecule has 94 valence electrons. The Kier molecular flexibility index (Phi) is 3.50. The summed E-state index contributed by atoms with van der Waals surface area (Å²) in [4.78, 5) is 35.3. The zero-order valence-electron chi connectivity index (χ0n) is 9.64. The highest BCUT2D eigenvalue weighted by Gasteiger charge is 2.39. The van der Waals surface area contributed by atoms with Gasteiger partial charge in [-0.25, -0.2) is 4.39 Å². The first-order valence-corrected chi connectivity index (χ1v) is 5.67. The molecular weight excluding hydrogens is 237 g/mol. The van der Waals surface area contributed by atoms with Gasteiger partial charge in [-0.15, -0.1) is 0 Å². The number of nitrogens with zero attached hydrogens (tertiary/aromatic N) is 1. The fraction of sp³-hybridized carbons (Fsp3) is 0.308. The summed E-state index contributed by atoms with van der Waals surface area (Å²) in [5.74, 6) is -0.965. The van der Waals surface area contributed by atoms with Crippen molar-refractivity contribution >= 4 is 18.1 Å². The highest BCUT2D eigenvalue weighted by molar-refractivity contribution is 6.21. The van der Waals surface area contributed by atoms with Crippen LogP contribution in [0.4, 0.5) is 4.39 Å². The SMILES string of the molecule is O=CCCC(CF)N1C(=O)c2ccccc2C1=O. The fourth-order valence-electron chi connectivity index (χ4n) is 2.08. The maximum atomic E-state index is 12.9. The van der Waals surface area contributed by atoms with Crippen LogP contribution in [0.3, 0.4) is 0 Å². The number of aldehydes is 1. The summed E-state index contributed by atoms with van der Waals surface area (Å²) in [5.41, 5.74) is 0.596. The molecular formula is C13H12FNO3. The van der Waals surface area contributed by atoms with Gasteiger partial charge in [-0.05, 0) is 18.6 Å². The normalized spacial score (nSPS) is 15.7. The van der Waals surface area contributed by atoms with E-state index >= 15 is 0 Å². The van der Waals surface area contributed by atoms with Crippen LogP contribution < -0.4 is 0 Å². The molecule has 1 heterocycles. The number of imide groups is 1. The van der Waals surface area contributed by atoms with Crippen molar-refractivity contribution in [2.75, 3.05) is 6.67 Å². The number of hydrogen-bond donors (Lipinski definition) is 0. The lowest BCUT2D eigenvalue weighted by atomic mass is 10.1. The number of carbonyl (C=O) groups is 3. The molecule has 0 aromatic heterocycles. The summed E-state index contributed by atoms with van der Waals surface area (Å²) < 4.78 is 12.9. The number of benzene rings is 1. The van der Waals surface area contributed by atoms with Crippen LogP contribution in [0.1, 0.15) is 33.6 Å². The van der Waals surface area contributed by atoms with Crippen molar-refractivity contribution in [1.82, 2.24) is 4.90 Å². The molecule has 0 fully saturated rings. The maximum absolute atomic E-state index is 12.9. The molecule has 0 saturated carbocycles. The molecule has 1 aromatic carbocycles. The first-order valence-electron chi connectivity index (χ1n) is 5.67. The Morgan fingerprint density at radius 1 is 1.17 bits per heavy atom. The highest BCUT2D eigenvalue weighted by atomic mass is 19.1. The first kappa shape index (κ1) is 12.4. The van der Waals surface area contributed by atoms with Crippen molar-refractivity contribution in [3.05, 3.63) is 35.4 Å². The average Bonchev–Trinajstić information content (AvgIpc) is 2.65. The molecule has 0 radical (unpaired) electrons. The minimum Gasteiger partial charge on any atom is -0.303 e. The molecule has 4 nitrogen and oxygen atoms in total. The third-order valence-electron chi connectivity index (χ3n) is 2.99. The maximum Gasteiger partial charge on any atom is 0.261 e. The molecule has 5 heteroatoms. The Balaban J connectivity index is 2.29. The Bertz CT molecular complexity index is 466. The average molecular weight is 249 g/mol. The highest BCUT2D eigenvalue weighted by Crippen LogP contribution is 2.25. The van der Waals surface area contributed by atoms with Gasteiger partial charge in [-0.2, -0.15) is 0 Å².